The zero-order chi connectivity index (χ0) is 13.1. The van der Waals surface area contributed by atoms with Crippen LogP contribution in [0.15, 0.2) is 28.7 Å². The van der Waals surface area contributed by atoms with Gasteiger partial charge in [-0.05, 0) is 17.7 Å². The Kier molecular flexibility index (Phi) is 5.05. The minimum absolute atomic E-state index is 0.321. The standard InChI is InChI=1S/C10H13BrFNO3S/c1-13(16-2)17(14,15)7-10(12)8-3-5-9(11)6-4-8/h3-6,10H,7H2,1-2H3. The maximum absolute atomic E-state index is 13.8. The fourth-order valence-corrected chi connectivity index (χ4v) is 2.43. The Hall–Kier alpha value is -0.500. The summed E-state index contributed by atoms with van der Waals surface area (Å²) in [5, 5.41) is 0. The highest BCUT2D eigenvalue weighted by atomic mass is 79.9. The predicted octanol–water partition coefficient (Wildman–Crippen LogP) is 2.28. The second kappa shape index (κ2) is 5.90. The van der Waals surface area contributed by atoms with Crippen molar-refractivity contribution in [1.82, 2.24) is 4.47 Å². The molecule has 0 aromatic heterocycles. The summed E-state index contributed by atoms with van der Waals surface area (Å²) < 4.78 is 38.4. The molecule has 7 heteroatoms. The first kappa shape index (κ1) is 14.6. The topological polar surface area (TPSA) is 46.6 Å². The van der Waals surface area contributed by atoms with Crippen LogP contribution in [0, 0.1) is 0 Å². The van der Waals surface area contributed by atoms with E-state index < -0.39 is 21.9 Å². The molecule has 0 heterocycles. The van der Waals surface area contributed by atoms with Gasteiger partial charge in [-0.25, -0.2) is 12.8 Å². The highest BCUT2D eigenvalue weighted by molar-refractivity contribution is 9.10. The fourth-order valence-electron chi connectivity index (χ4n) is 1.17. The molecule has 96 valence electrons. The molecule has 1 aromatic rings. The van der Waals surface area contributed by atoms with Gasteiger partial charge in [0.15, 0.2) is 0 Å². The van der Waals surface area contributed by atoms with Crippen molar-refractivity contribution >= 4 is 26.0 Å². The van der Waals surface area contributed by atoms with Gasteiger partial charge < -0.3 is 0 Å². The number of halogens is 2. The smallest absolute Gasteiger partial charge is 0.238 e. The van der Waals surface area contributed by atoms with Crippen LogP contribution in [0.4, 0.5) is 4.39 Å². The van der Waals surface area contributed by atoms with Gasteiger partial charge in [0.05, 0.1) is 7.11 Å². The number of hydrogen-bond donors (Lipinski definition) is 0. The quantitative estimate of drug-likeness (QED) is 0.780. The lowest BCUT2D eigenvalue weighted by molar-refractivity contribution is -0.0262. The van der Waals surface area contributed by atoms with E-state index in [4.69, 9.17) is 0 Å². The highest BCUT2D eigenvalue weighted by Crippen LogP contribution is 2.22. The van der Waals surface area contributed by atoms with Crippen LogP contribution in [0.5, 0.6) is 0 Å². The van der Waals surface area contributed by atoms with Crippen LogP contribution in [0.2, 0.25) is 0 Å². The van der Waals surface area contributed by atoms with E-state index in [9.17, 15) is 12.8 Å². The molecule has 0 aliphatic carbocycles. The zero-order valence-electron chi connectivity index (χ0n) is 9.43. The van der Waals surface area contributed by atoms with Crippen LogP contribution in [0.3, 0.4) is 0 Å². The van der Waals surface area contributed by atoms with Gasteiger partial charge in [0, 0.05) is 11.5 Å². The fraction of sp³-hybridized carbons (Fsp3) is 0.400. The Labute approximate surface area is 109 Å². The van der Waals surface area contributed by atoms with Crippen LogP contribution >= 0.6 is 15.9 Å². The van der Waals surface area contributed by atoms with E-state index in [-0.39, 0.29) is 0 Å². The van der Waals surface area contributed by atoms with Crippen LogP contribution in [-0.4, -0.2) is 32.8 Å². The van der Waals surface area contributed by atoms with Crippen molar-refractivity contribution < 1.29 is 17.6 Å². The maximum Gasteiger partial charge on any atom is 0.238 e. The molecule has 0 radical (unpaired) electrons. The van der Waals surface area contributed by atoms with Gasteiger partial charge in [-0.3, -0.25) is 4.84 Å². The molecule has 1 unspecified atom stereocenters. The lowest BCUT2D eigenvalue weighted by Gasteiger charge is -2.16. The number of alkyl halides is 1. The second-order valence-electron chi connectivity index (χ2n) is 3.39. The minimum atomic E-state index is -3.74. The van der Waals surface area contributed by atoms with Crippen LogP contribution < -0.4 is 0 Å². The molecular weight excluding hydrogens is 313 g/mol. The summed E-state index contributed by atoms with van der Waals surface area (Å²) in [4.78, 5) is 4.54. The van der Waals surface area contributed by atoms with Crippen molar-refractivity contribution in [3.05, 3.63) is 34.3 Å². The summed E-state index contributed by atoms with van der Waals surface area (Å²) in [6.07, 6.45) is -1.58. The number of nitrogens with zero attached hydrogens (tertiary/aromatic N) is 1. The molecule has 1 aromatic carbocycles. The van der Waals surface area contributed by atoms with Gasteiger partial charge in [0.2, 0.25) is 10.0 Å². The lowest BCUT2D eigenvalue weighted by Crippen LogP contribution is -2.29. The lowest BCUT2D eigenvalue weighted by atomic mass is 10.1. The first-order valence-electron chi connectivity index (χ1n) is 4.77. The molecule has 1 rings (SSSR count). The largest absolute Gasteiger partial charge is 0.288 e. The molecule has 0 saturated heterocycles. The number of hydroxylamine groups is 1. The molecule has 0 bridgehead atoms. The van der Waals surface area contributed by atoms with Crippen LogP contribution in [0.1, 0.15) is 11.7 Å². The molecule has 0 fully saturated rings. The summed E-state index contributed by atoms with van der Waals surface area (Å²) >= 11 is 3.22. The van der Waals surface area contributed by atoms with E-state index in [0.29, 0.717) is 10.0 Å². The second-order valence-corrected chi connectivity index (χ2v) is 6.32. The highest BCUT2D eigenvalue weighted by Gasteiger charge is 2.24. The number of hydrogen-bond acceptors (Lipinski definition) is 3. The molecule has 0 aliphatic heterocycles. The third kappa shape index (κ3) is 4.02. The molecule has 4 nitrogen and oxygen atoms in total. The van der Waals surface area contributed by atoms with E-state index >= 15 is 0 Å². The van der Waals surface area contributed by atoms with Crippen molar-refractivity contribution in [1.29, 1.82) is 0 Å². The van der Waals surface area contributed by atoms with Gasteiger partial charge in [-0.1, -0.05) is 32.5 Å². The molecule has 0 saturated carbocycles. The van der Waals surface area contributed by atoms with E-state index in [2.05, 4.69) is 20.8 Å². The van der Waals surface area contributed by atoms with E-state index in [1.54, 1.807) is 12.1 Å². The molecule has 0 amide bonds. The van der Waals surface area contributed by atoms with Crippen molar-refractivity contribution in [2.45, 2.75) is 6.17 Å². The van der Waals surface area contributed by atoms with E-state index in [1.165, 1.54) is 26.3 Å². The average Bonchev–Trinajstić information content (AvgIpc) is 2.28. The SMILES string of the molecule is CON(C)S(=O)(=O)CC(F)c1ccc(Br)cc1. The van der Waals surface area contributed by atoms with Gasteiger partial charge in [0.1, 0.15) is 11.9 Å². The van der Waals surface area contributed by atoms with Crippen molar-refractivity contribution in [3.63, 3.8) is 0 Å². The zero-order valence-corrected chi connectivity index (χ0v) is 11.8. The Bertz CT molecular complexity index is 463. The Morgan fingerprint density at radius 3 is 2.41 bits per heavy atom. The first-order chi connectivity index (χ1) is 7.86. The molecule has 1 atom stereocenters. The van der Waals surface area contributed by atoms with Crippen molar-refractivity contribution in [3.8, 4) is 0 Å². The van der Waals surface area contributed by atoms with Gasteiger partial charge in [0.25, 0.3) is 0 Å². The van der Waals surface area contributed by atoms with E-state index in [1.807, 2.05) is 0 Å². The molecule has 17 heavy (non-hydrogen) atoms. The van der Waals surface area contributed by atoms with Crippen molar-refractivity contribution in [2.75, 3.05) is 19.9 Å². The summed E-state index contributed by atoms with van der Waals surface area (Å²) in [7, 11) is -1.30. The van der Waals surface area contributed by atoms with Crippen molar-refractivity contribution in [2.24, 2.45) is 0 Å². The normalized spacial score (nSPS) is 13.9. The third-order valence-electron chi connectivity index (χ3n) is 2.24. The predicted molar refractivity (Wildman–Crippen MR) is 66.5 cm³/mol. The van der Waals surface area contributed by atoms with Gasteiger partial charge in [-0.2, -0.15) is 0 Å². The molecular formula is C10H13BrFNO3S. The Balaban J connectivity index is 2.79. The summed E-state index contributed by atoms with van der Waals surface area (Å²) in [5.41, 5.74) is 0.321. The Morgan fingerprint density at radius 1 is 1.41 bits per heavy atom. The average molecular weight is 326 g/mol. The van der Waals surface area contributed by atoms with E-state index in [0.717, 1.165) is 4.47 Å². The maximum atomic E-state index is 13.8. The first-order valence-corrected chi connectivity index (χ1v) is 7.17. The summed E-state index contributed by atoms with van der Waals surface area (Å²) in [5.74, 6) is -0.640. The van der Waals surface area contributed by atoms with Crippen LogP contribution in [-0.2, 0) is 14.9 Å². The van der Waals surface area contributed by atoms with Gasteiger partial charge in [-0.15, -0.1) is 0 Å². The third-order valence-corrected chi connectivity index (χ3v) is 4.41. The Morgan fingerprint density at radius 2 is 1.94 bits per heavy atom. The van der Waals surface area contributed by atoms with Crippen LogP contribution in [0.25, 0.3) is 0 Å². The number of benzene rings is 1. The number of rotatable bonds is 5. The molecule has 0 spiro atoms. The molecule has 0 N–H and O–H groups in total. The van der Waals surface area contributed by atoms with Gasteiger partial charge >= 0.3 is 0 Å². The minimum Gasteiger partial charge on any atom is -0.288 e. The number of sulfonamides is 1. The monoisotopic (exact) mass is 325 g/mol. The molecule has 0 aliphatic rings. The summed E-state index contributed by atoms with van der Waals surface area (Å²) in [6.45, 7) is 0. The summed E-state index contributed by atoms with van der Waals surface area (Å²) in [6, 6.07) is 6.40.